The van der Waals surface area contributed by atoms with Gasteiger partial charge in [-0.2, -0.15) is 11.8 Å². The Morgan fingerprint density at radius 2 is 1.86 bits per heavy atom. The number of benzene rings is 1. The summed E-state index contributed by atoms with van der Waals surface area (Å²) in [6.45, 7) is 1.48. The first-order valence-corrected chi connectivity index (χ1v) is 7.80. The number of anilines is 1. The molecule has 21 heavy (non-hydrogen) atoms. The van der Waals surface area contributed by atoms with Crippen LogP contribution in [0.15, 0.2) is 24.3 Å². The number of amides is 2. The van der Waals surface area contributed by atoms with Gasteiger partial charge in [-0.15, -0.1) is 0 Å². The lowest BCUT2D eigenvalue weighted by Gasteiger charge is -2.31. The maximum absolute atomic E-state index is 12.5. The molecule has 0 heterocycles. The van der Waals surface area contributed by atoms with Crippen LogP contribution in [0.5, 0.6) is 5.75 Å². The zero-order valence-corrected chi connectivity index (χ0v) is 13.1. The van der Waals surface area contributed by atoms with Crippen molar-refractivity contribution in [1.29, 1.82) is 0 Å². The van der Waals surface area contributed by atoms with Crippen molar-refractivity contribution in [3.8, 4) is 5.75 Å². The number of phenolic OH excluding ortho intramolecular Hbond substituents is 1. The first-order valence-electron chi connectivity index (χ1n) is 6.41. The molecule has 0 bridgehead atoms. The third-order valence-corrected chi connectivity index (χ3v) is 3.87. The number of carbonyl (C=O) groups excluding carboxylic acids is 1. The highest BCUT2D eigenvalue weighted by atomic mass is 32.2. The van der Waals surface area contributed by atoms with Crippen molar-refractivity contribution in [1.82, 2.24) is 4.90 Å². The molecule has 0 saturated carbocycles. The fraction of sp³-hybridized carbons (Fsp3) is 0.429. The maximum atomic E-state index is 12.5. The van der Waals surface area contributed by atoms with Crippen LogP contribution < -0.4 is 4.90 Å². The number of hydrogen-bond acceptors (Lipinski definition) is 4. The zero-order valence-electron chi connectivity index (χ0n) is 12.3. The summed E-state index contributed by atoms with van der Waals surface area (Å²) < 4.78 is 0. The second kappa shape index (κ2) is 7.78. The normalized spacial score (nSPS) is 11.8. The quantitative estimate of drug-likeness (QED) is 0.840. The predicted octanol–water partition coefficient (Wildman–Crippen LogP) is 2.09. The molecule has 0 aromatic heterocycles. The second-order valence-corrected chi connectivity index (χ2v) is 5.60. The minimum Gasteiger partial charge on any atom is -0.508 e. The summed E-state index contributed by atoms with van der Waals surface area (Å²) in [6.07, 6.45) is 1.95. The molecule has 0 aliphatic carbocycles. The highest BCUT2D eigenvalue weighted by Gasteiger charge is 2.25. The number of rotatable bonds is 6. The monoisotopic (exact) mass is 312 g/mol. The van der Waals surface area contributed by atoms with E-state index < -0.39 is 12.5 Å². The highest BCUT2D eigenvalue weighted by molar-refractivity contribution is 7.98. The number of urea groups is 1. The molecule has 0 radical (unpaired) electrons. The molecular weight excluding hydrogens is 292 g/mol. The predicted molar refractivity (Wildman–Crippen MR) is 84.1 cm³/mol. The van der Waals surface area contributed by atoms with Gasteiger partial charge in [0.05, 0.1) is 0 Å². The fourth-order valence-electron chi connectivity index (χ4n) is 1.77. The highest BCUT2D eigenvalue weighted by Crippen LogP contribution is 2.20. The number of carbonyl (C=O) groups is 2. The average molecular weight is 312 g/mol. The molecule has 0 aliphatic heterocycles. The van der Waals surface area contributed by atoms with Crippen molar-refractivity contribution >= 4 is 29.4 Å². The molecule has 2 N–H and O–H groups in total. The number of hydrogen-bond donors (Lipinski definition) is 2. The summed E-state index contributed by atoms with van der Waals surface area (Å²) in [5.41, 5.74) is 0.434. The lowest BCUT2D eigenvalue weighted by atomic mass is 10.2. The molecule has 116 valence electrons. The third kappa shape index (κ3) is 4.86. The second-order valence-electron chi connectivity index (χ2n) is 4.69. The van der Waals surface area contributed by atoms with Crippen LogP contribution in [-0.2, 0) is 4.79 Å². The largest absolute Gasteiger partial charge is 0.508 e. The Morgan fingerprint density at radius 3 is 2.33 bits per heavy atom. The Kier molecular flexibility index (Phi) is 6.36. The summed E-state index contributed by atoms with van der Waals surface area (Å²) in [7, 11) is 1.65. The van der Waals surface area contributed by atoms with E-state index in [2.05, 4.69) is 0 Å². The van der Waals surface area contributed by atoms with Crippen LogP contribution in [0.2, 0.25) is 0 Å². The standard InChI is InChI=1S/C14H20N2O4S/c1-10(9-21-3)15(2)14(20)16(8-13(18)19)11-4-6-12(17)7-5-11/h4-7,10,17H,8-9H2,1-3H3,(H,18,19). The summed E-state index contributed by atoms with van der Waals surface area (Å²) in [4.78, 5) is 26.2. The topological polar surface area (TPSA) is 81.1 Å². The number of carboxylic acids is 1. The van der Waals surface area contributed by atoms with E-state index >= 15 is 0 Å². The molecule has 2 amide bonds. The van der Waals surface area contributed by atoms with Crippen LogP contribution >= 0.6 is 11.8 Å². The molecule has 1 unspecified atom stereocenters. The van der Waals surface area contributed by atoms with E-state index in [1.54, 1.807) is 18.8 Å². The fourth-order valence-corrected chi connectivity index (χ4v) is 2.48. The van der Waals surface area contributed by atoms with E-state index in [1.165, 1.54) is 34.1 Å². The first kappa shape index (κ1) is 17.2. The van der Waals surface area contributed by atoms with Gasteiger partial charge in [-0.25, -0.2) is 4.79 Å². The number of thioether (sulfide) groups is 1. The van der Waals surface area contributed by atoms with Crippen LogP contribution in [0.4, 0.5) is 10.5 Å². The Morgan fingerprint density at radius 1 is 1.29 bits per heavy atom. The van der Waals surface area contributed by atoms with Crippen molar-refractivity contribution in [2.24, 2.45) is 0 Å². The molecule has 1 aromatic rings. The van der Waals surface area contributed by atoms with Crippen molar-refractivity contribution < 1.29 is 19.8 Å². The van der Waals surface area contributed by atoms with Gasteiger partial charge in [-0.05, 0) is 37.4 Å². The Bertz CT molecular complexity index is 492. The number of aromatic hydroxyl groups is 1. The molecule has 1 aromatic carbocycles. The Balaban J connectivity index is 2.99. The van der Waals surface area contributed by atoms with Crippen LogP contribution in [0, 0.1) is 0 Å². The number of carboxylic acid groups (broad SMARTS) is 1. The molecule has 0 aliphatic rings. The van der Waals surface area contributed by atoms with Crippen LogP contribution in [-0.4, -0.2) is 58.8 Å². The van der Waals surface area contributed by atoms with E-state index in [-0.39, 0.29) is 17.8 Å². The van der Waals surface area contributed by atoms with E-state index in [1.807, 2.05) is 13.2 Å². The lowest BCUT2D eigenvalue weighted by Crippen LogP contribution is -2.47. The van der Waals surface area contributed by atoms with Crippen molar-refractivity contribution in [3.05, 3.63) is 24.3 Å². The molecule has 0 saturated heterocycles. The summed E-state index contributed by atoms with van der Waals surface area (Å²) in [6, 6.07) is 5.48. The molecule has 1 atom stereocenters. The van der Waals surface area contributed by atoms with Gasteiger partial charge < -0.3 is 15.1 Å². The van der Waals surface area contributed by atoms with Gasteiger partial charge in [-0.3, -0.25) is 9.69 Å². The van der Waals surface area contributed by atoms with Crippen molar-refractivity contribution in [3.63, 3.8) is 0 Å². The van der Waals surface area contributed by atoms with E-state index in [4.69, 9.17) is 5.11 Å². The van der Waals surface area contributed by atoms with E-state index in [0.29, 0.717) is 5.69 Å². The lowest BCUT2D eigenvalue weighted by molar-refractivity contribution is -0.135. The summed E-state index contributed by atoms with van der Waals surface area (Å²) >= 11 is 1.62. The van der Waals surface area contributed by atoms with Crippen molar-refractivity contribution in [2.45, 2.75) is 13.0 Å². The molecule has 6 nitrogen and oxygen atoms in total. The van der Waals surface area contributed by atoms with Gasteiger partial charge in [0.15, 0.2) is 0 Å². The Hall–Kier alpha value is -1.89. The molecule has 1 rings (SSSR count). The third-order valence-electron chi connectivity index (χ3n) is 3.06. The number of phenols is 1. The van der Waals surface area contributed by atoms with E-state index in [9.17, 15) is 14.7 Å². The van der Waals surface area contributed by atoms with E-state index in [0.717, 1.165) is 5.75 Å². The number of aliphatic carboxylic acids is 1. The average Bonchev–Trinajstić information content (AvgIpc) is 2.44. The van der Waals surface area contributed by atoms with Crippen LogP contribution in [0.25, 0.3) is 0 Å². The van der Waals surface area contributed by atoms with Gasteiger partial charge in [0.2, 0.25) is 0 Å². The van der Waals surface area contributed by atoms with Gasteiger partial charge in [0.25, 0.3) is 0 Å². The maximum Gasteiger partial charge on any atom is 0.325 e. The van der Waals surface area contributed by atoms with Gasteiger partial charge in [-0.1, -0.05) is 0 Å². The van der Waals surface area contributed by atoms with Crippen LogP contribution in [0.3, 0.4) is 0 Å². The Labute approximate surface area is 128 Å². The molecule has 0 spiro atoms. The minimum absolute atomic E-state index is 0.0130. The van der Waals surface area contributed by atoms with Crippen molar-refractivity contribution in [2.75, 3.05) is 30.5 Å². The van der Waals surface area contributed by atoms with Gasteiger partial charge in [0, 0.05) is 24.5 Å². The molecule has 0 fully saturated rings. The number of nitrogens with zero attached hydrogens (tertiary/aromatic N) is 2. The first-order chi connectivity index (χ1) is 9.86. The minimum atomic E-state index is -1.10. The molecular formula is C14H20N2O4S. The van der Waals surface area contributed by atoms with Gasteiger partial charge >= 0.3 is 12.0 Å². The summed E-state index contributed by atoms with van der Waals surface area (Å²) in [5, 5.41) is 18.3. The molecule has 7 heteroatoms. The SMILES string of the molecule is CSCC(C)N(C)C(=O)N(CC(=O)O)c1ccc(O)cc1. The van der Waals surface area contributed by atoms with Crippen LogP contribution in [0.1, 0.15) is 6.92 Å². The smallest absolute Gasteiger partial charge is 0.325 e. The summed E-state index contributed by atoms with van der Waals surface area (Å²) in [5.74, 6) is -0.272. The zero-order chi connectivity index (χ0) is 16.0. The van der Waals surface area contributed by atoms with Gasteiger partial charge in [0.1, 0.15) is 12.3 Å².